The maximum Gasteiger partial charge on any atom is 0.151 e. The number of piperazine rings is 1. The van der Waals surface area contributed by atoms with E-state index in [1.54, 1.807) is 0 Å². The van der Waals surface area contributed by atoms with Gasteiger partial charge in [0.15, 0.2) is 9.84 Å². The van der Waals surface area contributed by atoms with Gasteiger partial charge in [-0.1, -0.05) is 26.2 Å². The summed E-state index contributed by atoms with van der Waals surface area (Å²) in [6.45, 7) is 5.70. The quantitative estimate of drug-likeness (QED) is 0.831. The van der Waals surface area contributed by atoms with Crippen molar-refractivity contribution in [3.63, 3.8) is 0 Å². The lowest BCUT2D eigenvalue weighted by molar-refractivity contribution is 0.0330. The normalized spacial score (nSPS) is 24.7. The Morgan fingerprint density at radius 2 is 1.89 bits per heavy atom. The summed E-state index contributed by atoms with van der Waals surface area (Å²) in [6, 6.07) is 0. The lowest BCUT2D eigenvalue weighted by Crippen LogP contribution is -2.62. The van der Waals surface area contributed by atoms with Crippen LogP contribution in [0.25, 0.3) is 0 Å². The summed E-state index contributed by atoms with van der Waals surface area (Å²) in [7, 11) is -2.85. The van der Waals surface area contributed by atoms with Crippen molar-refractivity contribution in [2.75, 3.05) is 37.7 Å². The monoisotopic (exact) mass is 288 g/mol. The lowest BCUT2D eigenvalue weighted by Gasteiger charge is -2.50. The molecule has 2 fully saturated rings. The molecule has 19 heavy (non-hydrogen) atoms. The molecule has 0 atom stereocenters. The predicted molar refractivity (Wildman–Crippen MR) is 79.2 cm³/mol. The van der Waals surface area contributed by atoms with E-state index in [1.165, 1.54) is 32.1 Å². The highest BCUT2D eigenvalue weighted by Crippen LogP contribution is 2.34. The van der Waals surface area contributed by atoms with E-state index in [0.29, 0.717) is 11.5 Å². The summed E-state index contributed by atoms with van der Waals surface area (Å²) in [5.41, 5.74) is 0.248. The Kier molecular flexibility index (Phi) is 5.26. The van der Waals surface area contributed by atoms with E-state index >= 15 is 0 Å². The van der Waals surface area contributed by atoms with Crippen LogP contribution in [0, 0.1) is 0 Å². The van der Waals surface area contributed by atoms with Crippen LogP contribution < -0.4 is 5.32 Å². The Hall–Kier alpha value is -0.130. The zero-order valence-corrected chi connectivity index (χ0v) is 13.0. The van der Waals surface area contributed by atoms with Crippen molar-refractivity contribution in [2.45, 2.75) is 51.0 Å². The van der Waals surface area contributed by atoms with Crippen molar-refractivity contribution >= 4 is 9.84 Å². The van der Waals surface area contributed by atoms with Gasteiger partial charge in [-0.3, -0.25) is 4.90 Å². The zero-order valence-electron chi connectivity index (χ0n) is 12.2. The van der Waals surface area contributed by atoms with Gasteiger partial charge in [0, 0.05) is 37.5 Å². The molecule has 1 heterocycles. The van der Waals surface area contributed by atoms with Crippen molar-refractivity contribution in [1.29, 1.82) is 0 Å². The molecule has 0 aromatic heterocycles. The van der Waals surface area contributed by atoms with Crippen molar-refractivity contribution in [1.82, 2.24) is 10.2 Å². The molecule has 4 nitrogen and oxygen atoms in total. The lowest BCUT2D eigenvalue weighted by atomic mass is 9.79. The van der Waals surface area contributed by atoms with Crippen LogP contribution in [0.1, 0.15) is 45.4 Å². The molecule has 0 amide bonds. The molecule has 0 unspecified atom stereocenters. The molecule has 1 aliphatic heterocycles. The highest BCUT2D eigenvalue weighted by atomic mass is 32.2. The molecule has 1 aliphatic carbocycles. The number of nitrogens with zero attached hydrogens (tertiary/aromatic N) is 1. The highest BCUT2D eigenvalue weighted by molar-refractivity contribution is 7.91. The number of sulfone groups is 1. The van der Waals surface area contributed by atoms with E-state index in [9.17, 15) is 8.42 Å². The molecular formula is C14H28N2O2S. The SMILES string of the molecule is CCCS(=O)(=O)CCN1CCNCC12CCCCC2. The molecule has 0 aromatic carbocycles. The Labute approximate surface area is 117 Å². The van der Waals surface area contributed by atoms with Crippen LogP contribution in [0.4, 0.5) is 0 Å². The molecule has 0 bridgehead atoms. The summed E-state index contributed by atoms with van der Waals surface area (Å²) in [5, 5.41) is 3.51. The zero-order chi connectivity index (χ0) is 13.8. The molecular weight excluding hydrogens is 260 g/mol. The largest absolute Gasteiger partial charge is 0.314 e. The number of nitrogens with one attached hydrogen (secondary N) is 1. The van der Waals surface area contributed by atoms with E-state index in [2.05, 4.69) is 10.2 Å². The molecule has 112 valence electrons. The first-order valence-corrected chi connectivity index (χ1v) is 9.56. The average molecular weight is 288 g/mol. The molecule has 0 aromatic rings. The van der Waals surface area contributed by atoms with Gasteiger partial charge in [0.2, 0.25) is 0 Å². The van der Waals surface area contributed by atoms with E-state index in [-0.39, 0.29) is 5.54 Å². The van der Waals surface area contributed by atoms with Gasteiger partial charge in [0.1, 0.15) is 0 Å². The van der Waals surface area contributed by atoms with Gasteiger partial charge < -0.3 is 5.32 Å². The fourth-order valence-electron chi connectivity index (χ4n) is 3.60. The number of hydrogen-bond donors (Lipinski definition) is 1. The second kappa shape index (κ2) is 6.55. The van der Waals surface area contributed by atoms with Gasteiger partial charge in [-0.25, -0.2) is 8.42 Å². The van der Waals surface area contributed by atoms with Crippen LogP contribution in [0.3, 0.4) is 0 Å². The summed E-state index contributed by atoms with van der Waals surface area (Å²) in [5.74, 6) is 0.675. The van der Waals surface area contributed by atoms with Gasteiger partial charge >= 0.3 is 0 Å². The summed E-state index contributed by atoms with van der Waals surface area (Å²) in [4.78, 5) is 2.47. The van der Waals surface area contributed by atoms with E-state index in [4.69, 9.17) is 0 Å². The fraction of sp³-hybridized carbons (Fsp3) is 1.00. The third-order valence-electron chi connectivity index (χ3n) is 4.65. The number of hydrogen-bond acceptors (Lipinski definition) is 4. The van der Waals surface area contributed by atoms with Gasteiger partial charge in [-0.05, 0) is 19.3 Å². The van der Waals surface area contributed by atoms with E-state index in [1.807, 2.05) is 6.92 Å². The van der Waals surface area contributed by atoms with E-state index < -0.39 is 9.84 Å². The summed E-state index contributed by atoms with van der Waals surface area (Å²) >= 11 is 0. The second-order valence-electron chi connectivity index (χ2n) is 6.10. The maximum atomic E-state index is 11.9. The standard InChI is InChI=1S/C14H28N2O2S/c1-2-11-19(17,18)12-10-16-9-8-15-13-14(16)6-4-3-5-7-14/h15H,2-13H2,1H3. The van der Waals surface area contributed by atoms with Crippen LogP contribution in [-0.2, 0) is 9.84 Å². The predicted octanol–water partition coefficient (Wildman–Crippen LogP) is 1.42. The molecule has 2 aliphatic rings. The van der Waals surface area contributed by atoms with Crippen LogP contribution in [0.15, 0.2) is 0 Å². The molecule has 1 spiro atoms. The minimum atomic E-state index is -2.85. The minimum Gasteiger partial charge on any atom is -0.314 e. The van der Waals surface area contributed by atoms with Crippen LogP contribution >= 0.6 is 0 Å². The van der Waals surface area contributed by atoms with Crippen LogP contribution in [0.5, 0.6) is 0 Å². The minimum absolute atomic E-state index is 0.248. The fourth-order valence-corrected chi connectivity index (χ4v) is 4.92. The van der Waals surface area contributed by atoms with Crippen molar-refractivity contribution in [3.8, 4) is 0 Å². The van der Waals surface area contributed by atoms with Gasteiger partial charge in [-0.2, -0.15) is 0 Å². The molecule has 0 radical (unpaired) electrons. The first-order chi connectivity index (χ1) is 9.08. The average Bonchev–Trinajstić information content (AvgIpc) is 2.39. The molecule has 1 saturated carbocycles. The molecule has 1 saturated heterocycles. The van der Waals surface area contributed by atoms with Crippen molar-refractivity contribution in [3.05, 3.63) is 0 Å². The van der Waals surface area contributed by atoms with Gasteiger partial charge in [-0.15, -0.1) is 0 Å². The number of rotatable bonds is 5. The van der Waals surface area contributed by atoms with Crippen LogP contribution in [-0.4, -0.2) is 56.5 Å². The molecule has 1 N–H and O–H groups in total. The van der Waals surface area contributed by atoms with Crippen molar-refractivity contribution < 1.29 is 8.42 Å². The summed E-state index contributed by atoms with van der Waals surface area (Å²) < 4.78 is 23.8. The molecule has 5 heteroatoms. The molecule has 2 rings (SSSR count). The van der Waals surface area contributed by atoms with Crippen molar-refractivity contribution in [2.24, 2.45) is 0 Å². The van der Waals surface area contributed by atoms with E-state index in [0.717, 1.165) is 32.6 Å². The van der Waals surface area contributed by atoms with Gasteiger partial charge in [0.05, 0.1) is 5.75 Å². The Morgan fingerprint density at radius 1 is 1.16 bits per heavy atom. The van der Waals surface area contributed by atoms with Gasteiger partial charge in [0.25, 0.3) is 0 Å². The Balaban J connectivity index is 1.96. The topological polar surface area (TPSA) is 49.4 Å². The third-order valence-corrected chi connectivity index (χ3v) is 6.49. The summed E-state index contributed by atoms with van der Waals surface area (Å²) in [6.07, 6.45) is 7.11. The van der Waals surface area contributed by atoms with Crippen LogP contribution in [0.2, 0.25) is 0 Å². The first kappa shape index (κ1) is 15.3. The smallest absolute Gasteiger partial charge is 0.151 e. The highest BCUT2D eigenvalue weighted by Gasteiger charge is 2.39. The maximum absolute atomic E-state index is 11.9. The second-order valence-corrected chi connectivity index (χ2v) is 8.40. The first-order valence-electron chi connectivity index (χ1n) is 7.74. The Morgan fingerprint density at radius 3 is 2.58 bits per heavy atom. The third kappa shape index (κ3) is 3.92. The Bertz CT molecular complexity index is 367.